The second-order valence-corrected chi connectivity index (χ2v) is 8.69. The summed E-state index contributed by atoms with van der Waals surface area (Å²) in [7, 11) is 0. The molecule has 0 unspecified atom stereocenters. The van der Waals surface area contributed by atoms with Crippen molar-refractivity contribution in [2.24, 2.45) is 0 Å². The first-order valence-corrected chi connectivity index (χ1v) is 10.5. The molecule has 3 saturated carbocycles. The summed E-state index contributed by atoms with van der Waals surface area (Å²) >= 11 is 5.64. The molecule has 33 heavy (non-hydrogen) atoms. The van der Waals surface area contributed by atoms with E-state index in [0.29, 0.717) is 42.5 Å². The highest BCUT2D eigenvalue weighted by molar-refractivity contribution is 6.30. The van der Waals surface area contributed by atoms with Gasteiger partial charge in [0.2, 0.25) is 5.89 Å². The van der Waals surface area contributed by atoms with E-state index in [1.807, 2.05) is 6.07 Å². The summed E-state index contributed by atoms with van der Waals surface area (Å²) in [6.07, 6.45) is 3.55. The van der Waals surface area contributed by atoms with Crippen LogP contribution in [0.1, 0.15) is 36.7 Å². The maximum absolute atomic E-state index is 13.5. The Morgan fingerprint density at radius 1 is 1.21 bits per heavy atom. The second kappa shape index (κ2) is 8.01. The van der Waals surface area contributed by atoms with Crippen molar-refractivity contribution >= 4 is 17.5 Å². The van der Waals surface area contributed by atoms with E-state index in [1.165, 1.54) is 18.3 Å². The molecule has 3 aliphatic rings. The molecule has 2 heterocycles. The summed E-state index contributed by atoms with van der Waals surface area (Å²) in [6, 6.07) is 9.16. The molecular formula is C22H17ClFN5O4. The number of aromatic nitrogens is 3. The Bertz CT molecular complexity index is 1240. The molecule has 1 N–H and O–H groups in total. The number of amides is 1. The number of benzene rings is 1. The first-order valence-electron chi connectivity index (χ1n) is 10.1. The zero-order valence-corrected chi connectivity index (χ0v) is 17.9. The number of carbonyl (C=O) groups is 1. The largest absolute Gasteiger partial charge is 0.484 e. The minimum Gasteiger partial charge on any atom is -0.484 e. The molecule has 11 heteroatoms. The molecule has 0 spiro atoms. The van der Waals surface area contributed by atoms with Gasteiger partial charge in [0.15, 0.2) is 13.2 Å². The maximum Gasteiger partial charge on any atom is 0.258 e. The van der Waals surface area contributed by atoms with Gasteiger partial charge in [-0.3, -0.25) is 4.79 Å². The zero-order valence-electron chi connectivity index (χ0n) is 17.2. The predicted octanol–water partition coefficient (Wildman–Crippen LogP) is 3.08. The third-order valence-electron chi connectivity index (χ3n) is 5.83. The molecule has 2 aromatic heterocycles. The quantitative estimate of drug-likeness (QED) is 0.534. The minimum atomic E-state index is -0.603. The van der Waals surface area contributed by atoms with Gasteiger partial charge in [0.1, 0.15) is 29.1 Å². The lowest BCUT2D eigenvalue weighted by Gasteiger charge is -2.68. The summed E-state index contributed by atoms with van der Waals surface area (Å²) < 4.78 is 30.1. The molecule has 0 atom stereocenters. The van der Waals surface area contributed by atoms with E-state index in [0.717, 1.165) is 6.07 Å². The van der Waals surface area contributed by atoms with E-state index < -0.39 is 5.82 Å². The highest BCUT2D eigenvalue weighted by atomic mass is 35.5. The van der Waals surface area contributed by atoms with Crippen molar-refractivity contribution in [1.29, 1.82) is 5.26 Å². The Labute approximate surface area is 192 Å². The zero-order chi connectivity index (χ0) is 23.1. The van der Waals surface area contributed by atoms with Crippen molar-refractivity contribution in [3.8, 4) is 17.6 Å². The van der Waals surface area contributed by atoms with E-state index in [1.54, 1.807) is 12.1 Å². The van der Waals surface area contributed by atoms with Crippen molar-refractivity contribution in [1.82, 2.24) is 20.5 Å². The predicted molar refractivity (Wildman–Crippen MR) is 111 cm³/mol. The van der Waals surface area contributed by atoms with E-state index in [2.05, 4.69) is 20.5 Å². The number of ether oxygens (including phenoxy) is 2. The fourth-order valence-electron chi connectivity index (χ4n) is 4.40. The third kappa shape index (κ3) is 4.07. The van der Waals surface area contributed by atoms with Crippen LogP contribution in [0.15, 0.2) is 40.9 Å². The molecule has 2 bridgehead atoms. The van der Waals surface area contributed by atoms with Crippen molar-refractivity contribution in [2.45, 2.75) is 36.8 Å². The summed E-state index contributed by atoms with van der Waals surface area (Å²) in [5.41, 5.74) is -0.225. The third-order valence-corrected chi connectivity index (χ3v) is 6.14. The molecule has 3 aliphatic carbocycles. The molecule has 1 aromatic carbocycles. The van der Waals surface area contributed by atoms with Crippen molar-refractivity contribution < 1.29 is 23.1 Å². The average Bonchev–Trinajstić information content (AvgIpc) is 3.23. The van der Waals surface area contributed by atoms with Gasteiger partial charge in [0.05, 0.1) is 16.6 Å². The van der Waals surface area contributed by atoms with Crippen LogP contribution in [-0.2, 0) is 16.8 Å². The van der Waals surface area contributed by atoms with Gasteiger partial charge < -0.3 is 19.2 Å². The van der Waals surface area contributed by atoms with Gasteiger partial charge in [0, 0.05) is 11.6 Å². The van der Waals surface area contributed by atoms with Crippen molar-refractivity contribution in [2.75, 3.05) is 6.61 Å². The summed E-state index contributed by atoms with van der Waals surface area (Å²) in [5.74, 6) is 0.704. The Kier molecular flexibility index (Phi) is 5.13. The van der Waals surface area contributed by atoms with Crippen LogP contribution in [0.4, 0.5) is 4.39 Å². The van der Waals surface area contributed by atoms with Gasteiger partial charge in [-0.2, -0.15) is 5.26 Å². The first kappa shape index (κ1) is 21.2. The Morgan fingerprint density at radius 3 is 2.70 bits per heavy atom. The van der Waals surface area contributed by atoms with Crippen LogP contribution in [0.3, 0.4) is 0 Å². The first-order chi connectivity index (χ1) is 15.9. The van der Waals surface area contributed by atoms with Crippen LogP contribution in [0, 0.1) is 17.1 Å². The molecule has 168 valence electrons. The van der Waals surface area contributed by atoms with Crippen LogP contribution < -0.4 is 14.8 Å². The van der Waals surface area contributed by atoms with E-state index in [4.69, 9.17) is 30.8 Å². The maximum atomic E-state index is 13.5. The van der Waals surface area contributed by atoms with Crippen LogP contribution in [0.2, 0.25) is 5.02 Å². The molecule has 1 amide bonds. The van der Waals surface area contributed by atoms with Gasteiger partial charge >= 0.3 is 0 Å². The van der Waals surface area contributed by atoms with Crippen molar-refractivity contribution in [3.63, 3.8) is 0 Å². The molecular weight excluding hydrogens is 453 g/mol. The summed E-state index contributed by atoms with van der Waals surface area (Å²) in [6.45, 7) is -0.136. The van der Waals surface area contributed by atoms with Crippen molar-refractivity contribution in [3.05, 3.63) is 64.8 Å². The van der Waals surface area contributed by atoms with Crippen LogP contribution >= 0.6 is 11.6 Å². The minimum absolute atomic E-state index is 0.00650. The van der Waals surface area contributed by atoms with Gasteiger partial charge in [-0.25, -0.2) is 9.37 Å². The second-order valence-electron chi connectivity index (χ2n) is 8.28. The van der Waals surface area contributed by atoms with Gasteiger partial charge in [-0.1, -0.05) is 11.6 Å². The topological polar surface area (TPSA) is 123 Å². The highest BCUT2D eigenvalue weighted by Crippen LogP contribution is 2.67. The van der Waals surface area contributed by atoms with E-state index >= 15 is 0 Å². The fraction of sp³-hybridized carbons (Fsp3) is 0.318. The Morgan fingerprint density at radius 2 is 2.00 bits per heavy atom. The molecule has 3 aromatic rings. The molecule has 0 saturated heterocycles. The number of nitrogens with zero attached hydrogens (tertiary/aromatic N) is 4. The van der Waals surface area contributed by atoms with Crippen LogP contribution in [0.5, 0.6) is 11.5 Å². The molecule has 3 fully saturated rings. The molecule has 0 aliphatic heterocycles. The lowest BCUT2D eigenvalue weighted by molar-refractivity contribution is -0.143. The SMILES string of the molecule is N#Cc1ccc(OCc2nnc(C34CC(NC(=O)COc5ccc(Cl)c(F)c5)(C3)C4)o2)cn1. The number of nitrogens with one attached hydrogen (secondary N) is 1. The Balaban J connectivity index is 1.09. The molecule has 9 nitrogen and oxygen atoms in total. The monoisotopic (exact) mass is 469 g/mol. The van der Waals surface area contributed by atoms with Gasteiger partial charge in [0.25, 0.3) is 11.8 Å². The molecule has 0 radical (unpaired) electrons. The lowest BCUT2D eigenvalue weighted by Crippen LogP contribution is -2.77. The normalized spacial score (nSPS) is 22.5. The van der Waals surface area contributed by atoms with Crippen LogP contribution in [-0.4, -0.2) is 33.2 Å². The standard InChI is InChI=1S/C22H17ClFN5O4/c23-16-4-3-14(5-17(16)24)31-8-18(30)27-22-10-21(11-22,12-22)20-29-28-19(33-20)9-32-15-2-1-13(6-25)26-7-15/h1-5,7H,8-12H2,(H,27,30). The number of nitriles is 1. The van der Waals surface area contributed by atoms with Crippen LogP contribution in [0.25, 0.3) is 0 Å². The van der Waals surface area contributed by atoms with Gasteiger partial charge in [-0.05, 0) is 43.5 Å². The number of pyridine rings is 1. The number of hydrogen-bond acceptors (Lipinski definition) is 8. The summed E-state index contributed by atoms with van der Waals surface area (Å²) in [5, 5.41) is 19.9. The Hall–Kier alpha value is -3.71. The highest BCUT2D eigenvalue weighted by Gasteiger charge is 2.71. The number of hydrogen-bond donors (Lipinski definition) is 1. The van der Waals surface area contributed by atoms with E-state index in [9.17, 15) is 9.18 Å². The number of rotatable bonds is 8. The fourth-order valence-corrected chi connectivity index (χ4v) is 4.52. The average molecular weight is 470 g/mol. The number of halogens is 2. The van der Waals surface area contributed by atoms with Gasteiger partial charge in [-0.15, -0.1) is 10.2 Å². The smallest absolute Gasteiger partial charge is 0.258 e. The lowest BCUT2D eigenvalue weighted by atomic mass is 9.39. The molecule has 6 rings (SSSR count). The number of carbonyl (C=O) groups excluding carboxylic acids is 1. The summed E-state index contributed by atoms with van der Waals surface area (Å²) in [4.78, 5) is 16.2. The van der Waals surface area contributed by atoms with E-state index in [-0.39, 0.29) is 40.8 Å².